The zero-order valence-electron chi connectivity index (χ0n) is 20.9. The zero-order valence-corrected chi connectivity index (χ0v) is 21.6. The van der Waals surface area contributed by atoms with E-state index in [-0.39, 0.29) is 5.60 Å². The summed E-state index contributed by atoms with van der Waals surface area (Å²) in [5.41, 5.74) is 1.48. The van der Waals surface area contributed by atoms with Crippen LogP contribution in [-0.2, 0) is 9.53 Å². The maximum Gasteiger partial charge on any atom is 0.145 e. The number of piperidine rings is 1. The van der Waals surface area contributed by atoms with Crippen molar-refractivity contribution in [2.75, 3.05) is 37.4 Å². The topological polar surface area (TPSA) is 101 Å². The number of carbonyl (C=O) groups excluding carboxylic acids is 1. The van der Waals surface area contributed by atoms with Crippen molar-refractivity contribution in [1.82, 2.24) is 20.3 Å². The van der Waals surface area contributed by atoms with Gasteiger partial charge in [0.1, 0.15) is 18.4 Å². The van der Waals surface area contributed by atoms with Crippen LogP contribution in [0.3, 0.4) is 0 Å². The number of pyridine rings is 1. The van der Waals surface area contributed by atoms with E-state index in [2.05, 4.69) is 51.7 Å². The molecule has 0 aliphatic carbocycles. The lowest BCUT2D eigenvalue weighted by molar-refractivity contribution is -0.0980. The molecule has 2 unspecified atom stereocenters. The van der Waals surface area contributed by atoms with Gasteiger partial charge in [-0.25, -0.2) is 9.97 Å². The second-order valence-electron chi connectivity index (χ2n) is 9.29. The number of anilines is 2. The van der Waals surface area contributed by atoms with Crippen LogP contribution in [0.5, 0.6) is 0 Å². The summed E-state index contributed by atoms with van der Waals surface area (Å²) in [4.78, 5) is 21.2. The van der Waals surface area contributed by atoms with Gasteiger partial charge in [0, 0.05) is 38.0 Å². The van der Waals surface area contributed by atoms with Gasteiger partial charge in [0.05, 0.1) is 28.7 Å². The first-order chi connectivity index (χ1) is 16.4. The van der Waals surface area contributed by atoms with E-state index in [1.54, 1.807) is 18.6 Å². The van der Waals surface area contributed by atoms with Crippen molar-refractivity contribution in [2.24, 2.45) is 5.92 Å². The lowest BCUT2D eigenvalue weighted by Gasteiger charge is -2.35. The monoisotopic (exact) mass is 490 g/mol. The minimum Gasteiger partial charge on any atom is -0.376 e. The van der Waals surface area contributed by atoms with Gasteiger partial charge >= 0.3 is 0 Å². The molecule has 0 radical (unpaired) electrons. The molecule has 2 aliphatic heterocycles. The van der Waals surface area contributed by atoms with Crippen molar-refractivity contribution >= 4 is 30.0 Å². The van der Waals surface area contributed by atoms with E-state index in [1.165, 1.54) is 25.8 Å². The van der Waals surface area contributed by atoms with Crippen LogP contribution in [0.25, 0.3) is 11.3 Å². The third kappa shape index (κ3) is 9.16. The molecule has 9 heteroatoms. The highest BCUT2D eigenvalue weighted by Crippen LogP contribution is 2.30. The summed E-state index contributed by atoms with van der Waals surface area (Å²) >= 11 is 6.28. The quantitative estimate of drug-likeness (QED) is 0.548. The van der Waals surface area contributed by atoms with Crippen molar-refractivity contribution in [3.63, 3.8) is 0 Å². The number of ether oxygens (including phenoxy) is 1. The fourth-order valence-electron chi connectivity index (χ4n) is 4.16. The molecule has 0 amide bonds. The van der Waals surface area contributed by atoms with Crippen LogP contribution in [0.2, 0.25) is 5.02 Å². The lowest BCUT2D eigenvalue weighted by atomic mass is 9.88. The second kappa shape index (κ2) is 14.2. The Morgan fingerprint density at radius 1 is 1.21 bits per heavy atom. The summed E-state index contributed by atoms with van der Waals surface area (Å²) in [6.45, 7) is 11.4. The molecule has 2 aromatic heterocycles. The van der Waals surface area contributed by atoms with Crippen molar-refractivity contribution in [2.45, 2.75) is 64.5 Å². The number of hydrogen-bond donors (Lipinski definition) is 3. The standard InChI is InChI=1S/C18H24ClN5O.C6H13N.CH2O/c1-18(2)7-12(4-5-25-18)8-22-17-11-21-10-15(24-17)13-6-16(20-3)23-9-14(13)19;1-6-4-2-3-5-7-6;1-2/h6,9-12H,4-5,7-8H2,1-3H3,(H,20,23)(H,22,24);6-7H,2-5H2,1H3;1H2. The van der Waals surface area contributed by atoms with Crippen LogP contribution >= 0.6 is 11.6 Å². The fourth-order valence-corrected chi connectivity index (χ4v) is 4.36. The molecule has 0 spiro atoms. The molecule has 3 N–H and O–H groups in total. The SMILES string of the molecule is C=O.CC1CCCCN1.CNc1cc(-c2cncc(NCC3CCOC(C)(C)C3)n2)c(Cl)cn1. The number of carbonyl (C=O) groups is 1. The Morgan fingerprint density at radius 2 is 2.00 bits per heavy atom. The number of hydrogen-bond acceptors (Lipinski definition) is 8. The van der Waals surface area contributed by atoms with E-state index in [0.717, 1.165) is 54.9 Å². The van der Waals surface area contributed by atoms with E-state index in [4.69, 9.17) is 21.1 Å². The van der Waals surface area contributed by atoms with Gasteiger partial charge in [0.15, 0.2) is 0 Å². The van der Waals surface area contributed by atoms with Crippen molar-refractivity contribution in [3.05, 3.63) is 29.7 Å². The Bertz CT molecular complexity index is 876. The van der Waals surface area contributed by atoms with Crippen LogP contribution < -0.4 is 16.0 Å². The van der Waals surface area contributed by atoms with Crippen LogP contribution in [-0.4, -0.2) is 60.1 Å². The minimum atomic E-state index is -0.0494. The molecule has 0 bridgehead atoms. The summed E-state index contributed by atoms with van der Waals surface area (Å²) in [7, 11) is 1.82. The Labute approximate surface area is 208 Å². The predicted octanol–water partition coefficient (Wildman–Crippen LogP) is 4.81. The van der Waals surface area contributed by atoms with E-state index < -0.39 is 0 Å². The van der Waals surface area contributed by atoms with E-state index in [0.29, 0.717) is 10.9 Å². The molecule has 2 saturated heterocycles. The van der Waals surface area contributed by atoms with Crippen LogP contribution in [0.1, 0.15) is 52.9 Å². The van der Waals surface area contributed by atoms with Gasteiger partial charge in [0.2, 0.25) is 0 Å². The average Bonchev–Trinajstić information content (AvgIpc) is 2.85. The molecular formula is C25H39ClN6O2. The molecule has 34 heavy (non-hydrogen) atoms. The number of nitrogens with zero attached hydrogens (tertiary/aromatic N) is 3. The normalized spacial score (nSPS) is 21.2. The average molecular weight is 491 g/mol. The van der Waals surface area contributed by atoms with Gasteiger partial charge in [-0.15, -0.1) is 0 Å². The third-order valence-corrected chi connectivity index (χ3v) is 6.25. The number of rotatable bonds is 5. The molecule has 4 heterocycles. The summed E-state index contributed by atoms with van der Waals surface area (Å²) < 4.78 is 5.78. The molecule has 4 rings (SSSR count). The summed E-state index contributed by atoms with van der Waals surface area (Å²) in [6.07, 6.45) is 11.3. The van der Waals surface area contributed by atoms with Gasteiger partial charge in [-0.05, 0) is 65.0 Å². The molecule has 0 saturated carbocycles. The third-order valence-electron chi connectivity index (χ3n) is 5.95. The molecule has 188 valence electrons. The smallest absolute Gasteiger partial charge is 0.145 e. The molecule has 8 nitrogen and oxygen atoms in total. The fraction of sp³-hybridized carbons (Fsp3) is 0.600. The summed E-state index contributed by atoms with van der Waals surface area (Å²) in [5.74, 6) is 2.05. The maximum absolute atomic E-state index is 8.00. The van der Waals surface area contributed by atoms with Gasteiger partial charge < -0.3 is 25.5 Å². The number of halogens is 1. The van der Waals surface area contributed by atoms with Crippen LogP contribution in [0, 0.1) is 5.92 Å². The highest BCUT2D eigenvalue weighted by Gasteiger charge is 2.28. The van der Waals surface area contributed by atoms with Gasteiger partial charge in [-0.1, -0.05) is 18.0 Å². The van der Waals surface area contributed by atoms with Crippen LogP contribution in [0.15, 0.2) is 24.7 Å². The van der Waals surface area contributed by atoms with E-state index in [1.807, 2.05) is 19.9 Å². The van der Waals surface area contributed by atoms with Gasteiger partial charge in [-0.3, -0.25) is 4.98 Å². The number of nitrogens with one attached hydrogen (secondary N) is 3. The Morgan fingerprint density at radius 3 is 2.62 bits per heavy atom. The highest BCUT2D eigenvalue weighted by molar-refractivity contribution is 6.33. The maximum atomic E-state index is 8.00. The number of aromatic nitrogens is 3. The largest absolute Gasteiger partial charge is 0.376 e. The second-order valence-corrected chi connectivity index (χ2v) is 9.69. The van der Waals surface area contributed by atoms with Crippen molar-refractivity contribution in [1.29, 1.82) is 0 Å². The lowest BCUT2D eigenvalue weighted by Crippen LogP contribution is -2.36. The van der Waals surface area contributed by atoms with Gasteiger partial charge in [-0.2, -0.15) is 0 Å². The predicted molar refractivity (Wildman–Crippen MR) is 140 cm³/mol. The Kier molecular flexibility index (Phi) is 11.7. The van der Waals surface area contributed by atoms with Crippen LogP contribution in [0.4, 0.5) is 11.6 Å². The molecule has 2 aromatic rings. The molecule has 0 aromatic carbocycles. The first kappa shape index (κ1) is 28.0. The molecule has 2 atom stereocenters. The molecule has 2 fully saturated rings. The highest BCUT2D eigenvalue weighted by atomic mass is 35.5. The molecular weight excluding hydrogens is 452 g/mol. The van der Waals surface area contributed by atoms with E-state index in [9.17, 15) is 0 Å². The summed E-state index contributed by atoms with van der Waals surface area (Å²) in [6, 6.07) is 2.66. The van der Waals surface area contributed by atoms with Crippen molar-refractivity contribution in [3.8, 4) is 11.3 Å². The minimum absolute atomic E-state index is 0.0494. The van der Waals surface area contributed by atoms with Gasteiger partial charge in [0.25, 0.3) is 0 Å². The van der Waals surface area contributed by atoms with Crippen molar-refractivity contribution < 1.29 is 9.53 Å². The Hall–Kier alpha value is -2.29. The molecule has 2 aliphatic rings. The first-order valence-electron chi connectivity index (χ1n) is 11.9. The van der Waals surface area contributed by atoms with E-state index >= 15 is 0 Å². The zero-order chi connectivity index (χ0) is 25.0. The Balaban J connectivity index is 0.000000384. The summed E-state index contributed by atoms with van der Waals surface area (Å²) in [5, 5.41) is 10.4. The first-order valence-corrected chi connectivity index (χ1v) is 12.3.